The molecular formula is C10H6ClF3N6. The first-order valence-electron chi connectivity index (χ1n) is 5.29. The smallest absolute Gasteiger partial charge is 0.381 e. The molecule has 0 aliphatic carbocycles. The normalized spacial score (nSPS) is 12.2. The Hall–Kier alpha value is -2.29. The Bertz CT molecular complexity index is 770. The number of aromatic nitrogens is 5. The van der Waals surface area contributed by atoms with Gasteiger partial charge in [0.25, 0.3) is 0 Å². The SMILES string of the molecule is Nc1nn(-c2nccn3nc(C(F)(F)F)cc23)cc1Cl. The molecular weight excluding hydrogens is 297 g/mol. The van der Waals surface area contributed by atoms with Gasteiger partial charge in [-0.3, -0.25) is 0 Å². The molecule has 20 heavy (non-hydrogen) atoms. The molecule has 104 valence electrons. The molecule has 3 rings (SSSR count). The van der Waals surface area contributed by atoms with Crippen molar-refractivity contribution in [3.8, 4) is 5.82 Å². The van der Waals surface area contributed by atoms with Crippen LogP contribution < -0.4 is 5.73 Å². The zero-order valence-electron chi connectivity index (χ0n) is 9.63. The van der Waals surface area contributed by atoms with Gasteiger partial charge in [0.15, 0.2) is 17.3 Å². The van der Waals surface area contributed by atoms with E-state index in [0.29, 0.717) is 0 Å². The van der Waals surface area contributed by atoms with Crippen LogP contribution in [0.1, 0.15) is 5.69 Å². The summed E-state index contributed by atoms with van der Waals surface area (Å²) in [5, 5.41) is 7.51. The second-order valence-electron chi connectivity index (χ2n) is 3.91. The molecule has 3 heterocycles. The fourth-order valence-electron chi connectivity index (χ4n) is 1.70. The highest BCUT2D eigenvalue weighted by Gasteiger charge is 2.34. The van der Waals surface area contributed by atoms with Crippen LogP contribution in [0, 0.1) is 0 Å². The topological polar surface area (TPSA) is 74.0 Å². The highest BCUT2D eigenvalue weighted by Crippen LogP contribution is 2.30. The Morgan fingerprint density at radius 3 is 2.60 bits per heavy atom. The summed E-state index contributed by atoms with van der Waals surface area (Å²) in [6.45, 7) is 0. The molecule has 0 saturated heterocycles. The number of anilines is 1. The van der Waals surface area contributed by atoms with Gasteiger partial charge in [-0.25, -0.2) is 14.2 Å². The van der Waals surface area contributed by atoms with E-state index in [-0.39, 0.29) is 22.2 Å². The molecule has 0 amide bonds. The number of rotatable bonds is 1. The van der Waals surface area contributed by atoms with Crippen LogP contribution >= 0.6 is 11.6 Å². The molecule has 0 saturated carbocycles. The molecule has 0 spiro atoms. The molecule has 0 fully saturated rings. The first-order chi connectivity index (χ1) is 9.36. The fourth-order valence-corrected chi connectivity index (χ4v) is 1.83. The highest BCUT2D eigenvalue weighted by atomic mass is 35.5. The summed E-state index contributed by atoms with van der Waals surface area (Å²) in [6.07, 6.45) is -0.562. The summed E-state index contributed by atoms with van der Waals surface area (Å²) in [7, 11) is 0. The Morgan fingerprint density at radius 1 is 1.25 bits per heavy atom. The number of nitrogens with two attached hydrogens (primary N) is 1. The minimum atomic E-state index is -4.54. The maximum Gasteiger partial charge on any atom is 0.435 e. The van der Waals surface area contributed by atoms with Gasteiger partial charge in [0.05, 0.1) is 6.20 Å². The average Bonchev–Trinajstić information content (AvgIpc) is 2.93. The largest absolute Gasteiger partial charge is 0.435 e. The van der Waals surface area contributed by atoms with Crippen molar-refractivity contribution in [1.82, 2.24) is 24.4 Å². The van der Waals surface area contributed by atoms with E-state index in [1.165, 1.54) is 23.3 Å². The van der Waals surface area contributed by atoms with Gasteiger partial charge in [0, 0.05) is 18.5 Å². The van der Waals surface area contributed by atoms with Crippen LogP contribution in [0.15, 0.2) is 24.7 Å². The van der Waals surface area contributed by atoms with Gasteiger partial charge in [0.2, 0.25) is 0 Å². The third-order valence-electron chi connectivity index (χ3n) is 2.57. The number of halogens is 4. The molecule has 0 radical (unpaired) electrons. The van der Waals surface area contributed by atoms with E-state index in [9.17, 15) is 13.2 Å². The van der Waals surface area contributed by atoms with Crippen LogP contribution in [0.3, 0.4) is 0 Å². The second-order valence-corrected chi connectivity index (χ2v) is 4.32. The molecule has 6 nitrogen and oxygen atoms in total. The maximum atomic E-state index is 12.7. The molecule has 3 aromatic rings. The van der Waals surface area contributed by atoms with Crippen molar-refractivity contribution in [1.29, 1.82) is 0 Å². The second kappa shape index (κ2) is 4.10. The van der Waals surface area contributed by atoms with Crippen molar-refractivity contribution in [3.63, 3.8) is 0 Å². The van der Waals surface area contributed by atoms with Gasteiger partial charge in [0.1, 0.15) is 10.5 Å². The Labute approximate surface area is 114 Å². The van der Waals surface area contributed by atoms with Crippen molar-refractivity contribution in [2.45, 2.75) is 6.18 Å². The van der Waals surface area contributed by atoms with Crippen LogP contribution in [-0.2, 0) is 6.18 Å². The Balaban J connectivity index is 2.23. The van der Waals surface area contributed by atoms with E-state index < -0.39 is 11.9 Å². The van der Waals surface area contributed by atoms with E-state index in [0.717, 1.165) is 10.6 Å². The van der Waals surface area contributed by atoms with Gasteiger partial charge in [-0.2, -0.15) is 18.3 Å². The molecule has 0 aliphatic heterocycles. The van der Waals surface area contributed by atoms with Crippen molar-refractivity contribution < 1.29 is 13.2 Å². The molecule has 0 aliphatic rings. The van der Waals surface area contributed by atoms with Crippen molar-refractivity contribution in [2.24, 2.45) is 0 Å². The summed E-state index contributed by atoms with van der Waals surface area (Å²) < 4.78 is 40.3. The standard InChI is InChI=1S/C10H6ClF3N6/c11-5-4-20(18-8(5)15)9-6-3-7(10(12,13)14)17-19(6)2-1-16-9/h1-4H,(H2,15,18). The van der Waals surface area contributed by atoms with Crippen LogP contribution in [0.5, 0.6) is 0 Å². The Kier molecular flexibility index (Phi) is 2.61. The molecule has 0 aromatic carbocycles. The minimum Gasteiger partial charge on any atom is -0.381 e. The van der Waals surface area contributed by atoms with E-state index in [4.69, 9.17) is 17.3 Å². The highest BCUT2D eigenvalue weighted by molar-refractivity contribution is 6.32. The third kappa shape index (κ3) is 1.95. The summed E-state index contributed by atoms with van der Waals surface area (Å²) in [5.41, 5.74) is 4.62. The first kappa shape index (κ1) is 12.7. The molecule has 0 atom stereocenters. The van der Waals surface area contributed by atoms with E-state index in [2.05, 4.69) is 15.2 Å². The van der Waals surface area contributed by atoms with Crippen molar-refractivity contribution >= 4 is 22.9 Å². The van der Waals surface area contributed by atoms with E-state index in [1.54, 1.807) is 0 Å². The van der Waals surface area contributed by atoms with Crippen molar-refractivity contribution in [3.05, 3.63) is 35.4 Å². The predicted molar refractivity (Wildman–Crippen MR) is 64.5 cm³/mol. The lowest BCUT2D eigenvalue weighted by Crippen LogP contribution is -2.05. The summed E-state index contributed by atoms with van der Waals surface area (Å²) in [5.74, 6) is 0.208. The van der Waals surface area contributed by atoms with E-state index in [1.807, 2.05) is 0 Å². The number of hydrogen-bond acceptors (Lipinski definition) is 4. The lowest BCUT2D eigenvalue weighted by molar-refractivity contribution is -0.141. The monoisotopic (exact) mass is 302 g/mol. The van der Waals surface area contributed by atoms with Crippen molar-refractivity contribution in [2.75, 3.05) is 5.73 Å². The lowest BCUT2D eigenvalue weighted by Gasteiger charge is -2.01. The first-order valence-corrected chi connectivity index (χ1v) is 5.66. The molecule has 0 bridgehead atoms. The molecule has 3 aromatic heterocycles. The van der Waals surface area contributed by atoms with Gasteiger partial charge in [-0.15, -0.1) is 5.10 Å². The summed E-state index contributed by atoms with van der Waals surface area (Å²) in [4.78, 5) is 3.99. The van der Waals surface area contributed by atoms with Crippen LogP contribution in [-0.4, -0.2) is 24.4 Å². The maximum absolute atomic E-state index is 12.7. The summed E-state index contributed by atoms with van der Waals surface area (Å²) >= 11 is 5.77. The zero-order valence-corrected chi connectivity index (χ0v) is 10.4. The number of nitrogens with zero attached hydrogens (tertiary/aromatic N) is 5. The van der Waals surface area contributed by atoms with Gasteiger partial charge in [-0.1, -0.05) is 11.6 Å². The van der Waals surface area contributed by atoms with Crippen LogP contribution in [0.4, 0.5) is 19.0 Å². The quantitative estimate of drug-likeness (QED) is 0.747. The Morgan fingerprint density at radius 2 is 2.00 bits per heavy atom. The van der Waals surface area contributed by atoms with Crippen LogP contribution in [0.2, 0.25) is 5.02 Å². The summed E-state index contributed by atoms with van der Waals surface area (Å²) in [6, 6.07) is 0.883. The molecule has 2 N–H and O–H groups in total. The van der Waals surface area contributed by atoms with Gasteiger partial charge in [-0.05, 0) is 0 Å². The fraction of sp³-hybridized carbons (Fsp3) is 0.100. The third-order valence-corrected chi connectivity index (χ3v) is 2.86. The van der Waals surface area contributed by atoms with E-state index >= 15 is 0 Å². The molecule has 0 unspecified atom stereocenters. The number of hydrogen-bond donors (Lipinski definition) is 1. The van der Waals surface area contributed by atoms with Gasteiger partial charge >= 0.3 is 6.18 Å². The number of nitrogen functional groups attached to an aromatic ring is 1. The molecule has 10 heteroatoms. The average molecular weight is 303 g/mol. The minimum absolute atomic E-state index is 0.0611. The van der Waals surface area contributed by atoms with Crippen LogP contribution in [0.25, 0.3) is 11.3 Å². The number of alkyl halides is 3. The van der Waals surface area contributed by atoms with Gasteiger partial charge < -0.3 is 5.73 Å². The predicted octanol–water partition coefficient (Wildman–Crippen LogP) is 2.17. The zero-order chi connectivity index (χ0) is 14.5. The number of fused-ring (bicyclic) bond motifs is 1. The lowest BCUT2D eigenvalue weighted by atomic mass is 10.4.